The monoisotopic (exact) mass is 239 g/mol. The van der Waals surface area contributed by atoms with Gasteiger partial charge in [-0.1, -0.05) is 12.5 Å². The summed E-state index contributed by atoms with van der Waals surface area (Å²) < 4.78 is 18.6. The third kappa shape index (κ3) is 4.80. The van der Waals surface area contributed by atoms with E-state index < -0.39 is 5.82 Å². The van der Waals surface area contributed by atoms with Crippen molar-refractivity contribution in [1.29, 1.82) is 0 Å². The first-order valence-corrected chi connectivity index (χ1v) is 5.67. The maximum absolute atomic E-state index is 13.3. The van der Waals surface area contributed by atoms with Crippen LogP contribution in [-0.2, 0) is 0 Å². The molecule has 0 aliphatic heterocycles. The summed E-state index contributed by atoms with van der Waals surface area (Å²) in [6.07, 6.45) is 2.74. The molecule has 0 amide bonds. The molecule has 0 aromatic carbocycles. The molecule has 1 aromatic rings. The largest absolute Gasteiger partial charge is 0.475 e. The van der Waals surface area contributed by atoms with Crippen LogP contribution in [0.2, 0.25) is 0 Å². The smallest absolute Gasteiger partial charge is 0.255 e. The van der Waals surface area contributed by atoms with Crippen molar-refractivity contribution >= 4 is 5.95 Å². The van der Waals surface area contributed by atoms with Crippen molar-refractivity contribution in [3.63, 3.8) is 0 Å². The third-order valence-electron chi connectivity index (χ3n) is 2.01. The second-order valence-corrected chi connectivity index (χ2v) is 3.83. The fraction of sp³-hybridized carbons (Fsp3) is 0.500. The Balaban J connectivity index is 2.59. The number of hydrogen-bond acceptors (Lipinski definition) is 4. The quantitative estimate of drug-likeness (QED) is 0.743. The van der Waals surface area contributed by atoms with E-state index in [1.807, 2.05) is 13.8 Å². The van der Waals surface area contributed by atoms with E-state index in [2.05, 4.69) is 21.9 Å². The van der Waals surface area contributed by atoms with Gasteiger partial charge in [0.05, 0.1) is 12.8 Å². The molecule has 4 nitrogen and oxygen atoms in total. The summed E-state index contributed by atoms with van der Waals surface area (Å²) in [6, 6.07) is 0. The Morgan fingerprint density at radius 3 is 3.00 bits per heavy atom. The van der Waals surface area contributed by atoms with E-state index in [0.29, 0.717) is 19.0 Å². The molecule has 94 valence electrons. The number of aromatic nitrogens is 2. The lowest BCUT2D eigenvalue weighted by atomic mass is 10.3. The topological polar surface area (TPSA) is 47.0 Å². The number of nitrogens with zero attached hydrogens (tertiary/aromatic N) is 2. The van der Waals surface area contributed by atoms with Gasteiger partial charge in [-0.2, -0.15) is 9.37 Å². The molecule has 0 fully saturated rings. The van der Waals surface area contributed by atoms with Gasteiger partial charge in [0.2, 0.25) is 11.8 Å². The summed E-state index contributed by atoms with van der Waals surface area (Å²) in [7, 11) is 0. The molecule has 0 aliphatic carbocycles. The number of anilines is 1. The van der Waals surface area contributed by atoms with Gasteiger partial charge in [-0.25, -0.2) is 4.98 Å². The van der Waals surface area contributed by atoms with Crippen molar-refractivity contribution in [2.45, 2.75) is 26.7 Å². The highest BCUT2D eigenvalue weighted by Gasteiger charge is 2.07. The molecule has 0 bridgehead atoms. The summed E-state index contributed by atoms with van der Waals surface area (Å²) in [5.74, 6) is -0.174. The van der Waals surface area contributed by atoms with Crippen LogP contribution in [0.15, 0.2) is 18.3 Å². The molecule has 1 heterocycles. The average molecular weight is 239 g/mol. The molecule has 1 N–H and O–H groups in total. The second kappa shape index (κ2) is 6.83. The van der Waals surface area contributed by atoms with Crippen LogP contribution in [0.25, 0.3) is 0 Å². The van der Waals surface area contributed by atoms with Gasteiger partial charge in [0, 0.05) is 13.0 Å². The highest BCUT2D eigenvalue weighted by atomic mass is 19.1. The van der Waals surface area contributed by atoms with Gasteiger partial charge >= 0.3 is 0 Å². The van der Waals surface area contributed by atoms with Crippen LogP contribution >= 0.6 is 0 Å². The van der Waals surface area contributed by atoms with Crippen LogP contribution in [0.5, 0.6) is 5.88 Å². The summed E-state index contributed by atoms with van der Waals surface area (Å²) in [4.78, 5) is 7.78. The third-order valence-corrected chi connectivity index (χ3v) is 2.01. The zero-order valence-electron chi connectivity index (χ0n) is 10.3. The van der Waals surface area contributed by atoms with Gasteiger partial charge in [-0.3, -0.25) is 0 Å². The molecule has 1 aromatic heterocycles. The van der Waals surface area contributed by atoms with Crippen molar-refractivity contribution in [1.82, 2.24) is 9.97 Å². The van der Waals surface area contributed by atoms with Gasteiger partial charge < -0.3 is 10.1 Å². The average Bonchev–Trinajstić information content (AvgIpc) is 2.29. The highest BCUT2D eigenvalue weighted by molar-refractivity contribution is 5.28. The van der Waals surface area contributed by atoms with Crippen LogP contribution in [0.4, 0.5) is 10.3 Å². The van der Waals surface area contributed by atoms with E-state index in [4.69, 9.17) is 4.74 Å². The van der Waals surface area contributed by atoms with Crippen molar-refractivity contribution in [2.75, 3.05) is 18.5 Å². The van der Waals surface area contributed by atoms with E-state index in [9.17, 15) is 4.39 Å². The number of hydrogen-bond donors (Lipinski definition) is 1. The lowest BCUT2D eigenvalue weighted by molar-refractivity contribution is 0.291. The lowest BCUT2D eigenvalue weighted by Gasteiger charge is -2.08. The maximum atomic E-state index is 13.3. The fourth-order valence-corrected chi connectivity index (χ4v) is 1.10. The number of ether oxygens (including phenoxy) is 1. The predicted molar refractivity (Wildman–Crippen MR) is 65.7 cm³/mol. The molecular formula is C12H18FN3O. The minimum Gasteiger partial charge on any atom is -0.475 e. The van der Waals surface area contributed by atoms with Crippen molar-refractivity contribution in [3.8, 4) is 5.88 Å². The van der Waals surface area contributed by atoms with E-state index in [0.717, 1.165) is 24.7 Å². The Morgan fingerprint density at radius 1 is 1.59 bits per heavy atom. The molecule has 0 radical (unpaired) electrons. The molecule has 0 unspecified atom stereocenters. The first-order valence-electron chi connectivity index (χ1n) is 5.67. The Kier molecular flexibility index (Phi) is 5.39. The van der Waals surface area contributed by atoms with Gasteiger partial charge in [0.1, 0.15) is 0 Å². The lowest BCUT2D eigenvalue weighted by Crippen LogP contribution is -2.08. The number of halogens is 1. The van der Waals surface area contributed by atoms with Gasteiger partial charge in [0.25, 0.3) is 5.88 Å². The molecule has 17 heavy (non-hydrogen) atoms. The van der Waals surface area contributed by atoms with E-state index in [-0.39, 0.29) is 5.88 Å². The van der Waals surface area contributed by atoms with E-state index >= 15 is 0 Å². The Labute approximate surface area is 101 Å². The van der Waals surface area contributed by atoms with Crippen LogP contribution in [-0.4, -0.2) is 23.1 Å². The van der Waals surface area contributed by atoms with E-state index in [1.54, 1.807) is 0 Å². The summed E-state index contributed by atoms with van der Waals surface area (Å²) >= 11 is 0. The van der Waals surface area contributed by atoms with Crippen molar-refractivity contribution < 1.29 is 9.13 Å². The second-order valence-electron chi connectivity index (χ2n) is 3.83. The molecular weight excluding hydrogens is 221 g/mol. The Bertz CT molecular complexity index is 382. The fourth-order valence-electron chi connectivity index (χ4n) is 1.10. The molecule has 0 spiro atoms. The van der Waals surface area contributed by atoms with Crippen LogP contribution in [0.1, 0.15) is 26.7 Å². The number of rotatable bonds is 7. The van der Waals surface area contributed by atoms with Crippen molar-refractivity contribution in [3.05, 3.63) is 24.2 Å². The molecule has 0 aliphatic rings. The zero-order valence-corrected chi connectivity index (χ0v) is 10.3. The molecule has 0 saturated heterocycles. The maximum Gasteiger partial charge on any atom is 0.255 e. The number of nitrogens with one attached hydrogen (secondary N) is 1. The summed E-state index contributed by atoms with van der Waals surface area (Å²) in [5.41, 5.74) is 0.990. The Hall–Kier alpha value is -1.65. The summed E-state index contributed by atoms with van der Waals surface area (Å²) in [6.45, 7) is 8.79. The highest BCUT2D eigenvalue weighted by Crippen LogP contribution is 2.15. The van der Waals surface area contributed by atoms with Crippen LogP contribution < -0.4 is 10.1 Å². The molecule has 0 saturated carbocycles. The minimum absolute atomic E-state index is 0.0140. The molecule has 0 atom stereocenters. The van der Waals surface area contributed by atoms with Gasteiger partial charge in [-0.05, 0) is 13.3 Å². The standard InChI is InChI=1S/C12H18FN3O/c1-4-6-14-12-15-8-10(13)11(16-12)17-7-5-9(2)3/h8H,2,4-7H2,1,3H3,(H,14,15,16). The zero-order chi connectivity index (χ0) is 12.7. The van der Waals surface area contributed by atoms with Crippen LogP contribution in [0, 0.1) is 5.82 Å². The van der Waals surface area contributed by atoms with Crippen molar-refractivity contribution in [2.24, 2.45) is 0 Å². The predicted octanol–water partition coefficient (Wildman–Crippen LogP) is 2.78. The van der Waals surface area contributed by atoms with Crippen LogP contribution in [0.3, 0.4) is 0 Å². The Morgan fingerprint density at radius 2 is 2.35 bits per heavy atom. The normalized spacial score (nSPS) is 10.1. The minimum atomic E-state index is -0.547. The first kappa shape index (κ1) is 13.4. The molecule has 1 rings (SSSR count). The first-order chi connectivity index (χ1) is 8.13. The SMILES string of the molecule is C=C(C)CCOc1nc(NCCC)ncc1F. The van der Waals surface area contributed by atoms with Gasteiger partial charge in [0.15, 0.2) is 0 Å². The molecule has 5 heteroatoms. The summed E-state index contributed by atoms with van der Waals surface area (Å²) in [5, 5.41) is 2.97. The van der Waals surface area contributed by atoms with E-state index in [1.165, 1.54) is 0 Å². The van der Waals surface area contributed by atoms with Gasteiger partial charge in [-0.15, -0.1) is 6.58 Å².